The number of benzene rings is 2. The van der Waals surface area contributed by atoms with Crippen molar-refractivity contribution in [1.82, 2.24) is 4.90 Å². The van der Waals surface area contributed by atoms with Crippen LogP contribution in [0.2, 0.25) is 0 Å². The van der Waals surface area contributed by atoms with Gasteiger partial charge in [0.25, 0.3) is 5.69 Å². The number of halogens is 1. The van der Waals surface area contributed by atoms with E-state index in [9.17, 15) is 14.9 Å². The van der Waals surface area contributed by atoms with Gasteiger partial charge in [-0.15, -0.1) is 12.4 Å². The lowest BCUT2D eigenvalue weighted by molar-refractivity contribution is -0.384. The first-order chi connectivity index (χ1) is 13.0. The summed E-state index contributed by atoms with van der Waals surface area (Å²) in [6.07, 6.45) is 3.35. The highest BCUT2D eigenvalue weighted by molar-refractivity contribution is 6.08. The van der Waals surface area contributed by atoms with Crippen LogP contribution in [0.5, 0.6) is 0 Å². The van der Waals surface area contributed by atoms with E-state index in [0.29, 0.717) is 23.6 Å². The number of rotatable bonds is 7. The van der Waals surface area contributed by atoms with Gasteiger partial charge in [-0.2, -0.15) is 0 Å². The summed E-state index contributed by atoms with van der Waals surface area (Å²) in [6.45, 7) is 6.42. The molecule has 0 aromatic heterocycles. The third-order valence-corrected chi connectivity index (χ3v) is 5.15. The van der Waals surface area contributed by atoms with E-state index in [0.717, 1.165) is 32.4 Å². The lowest BCUT2D eigenvalue weighted by Gasteiger charge is -2.32. The number of carbonyl (C=O) groups excluding carboxylic acids is 1. The van der Waals surface area contributed by atoms with E-state index in [2.05, 4.69) is 35.7 Å². The lowest BCUT2D eigenvalue weighted by atomic mass is 9.90. The molecule has 0 spiro atoms. The number of nitrogens with zero attached hydrogens (tertiary/aromatic N) is 2. The maximum atomic E-state index is 12.5. The quantitative estimate of drug-likeness (QED) is 0.292. The van der Waals surface area contributed by atoms with E-state index < -0.39 is 4.92 Å². The molecule has 0 aliphatic carbocycles. The van der Waals surface area contributed by atoms with Gasteiger partial charge in [0.1, 0.15) is 0 Å². The zero-order chi connectivity index (χ0) is 19.2. The highest BCUT2D eigenvalue weighted by Gasteiger charge is 2.21. The van der Waals surface area contributed by atoms with Gasteiger partial charge in [0.05, 0.1) is 4.92 Å². The van der Waals surface area contributed by atoms with Crippen LogP contribution in [0.3, 0.4) is 0 Å². The van der Waals surface area contributed by atoms with Crippen molar-refractivity contribution in [2.75, 3.05) is 19.6 Å². The molecule has 0 saturated carbocycles. The zero-order valence-corrected chi connectivity index (χ0v) is 16.6. The van der Waals surface area contributed by atoms with E-state index in [1.54, 1.807) is 0 Å². The normalized spacial score (nSPS) is 14.9. The number of hydrogen-bond donors (Lipinski definition) is 0. The largest absolute Gasteiger partial charge is 0.299 e. The standard InChI is InChI=1S/C22H24N2O3.ClH/c1-17(22(25)20-7-9-21(10-8-20)24(26)27)16-23-13-11-19(12-14-23)15-18-5-3-2-4-6-18;/h2-10,19H,1,11-16H2;1H. The Labute approximate surface area is 171 Å². The summed E-state index contributed by atoms with van der Waals surface area (Å²) in [6, 6.07) is 16.3. The highest BCUT2D eigenvalue weighted by Crippen LogP contribution is 2.23. The SMILES string of the molecule is C=C(CN1CCC(Cc2ccccc2)CC1)C(=O)c1ccc([N+](=O)[O-])cc1.Cl. The predicted molar refractivity (Wildman–Crippen MR) is 113 cm³/mol. The monoisotopic (exact) mass is 400 g/mol. The molecule has 0 amide bonds. The van der Waals surface area contributed by atoms with Crippen LogP contribution in [0.15, 0.2) is 66.7 Å². The van der Waals surface area contributed by atoms with Crippen molar-refractivity contribution in [2.24, 2.45) is 5.92 Å². The highest BCUT2D eigenvalue weighted by atomic mass is 35.5. The summed E-state index contributed by atoms with van der Waals surface area (Å²) in [5.41, 5.74) is 2.35. The van der Waals surface area contributed by atoms with E-state index >= 15 is 0 Å². The third kappa shape index (κ3) is 5.75. The van der Waals surface area contributed by atoms with Gasteiger partial charge < -0.3 is 0 Å². The summed E-state index contributed by atoms with van der Waals surface area (Å²) < 4.78 is 0. The molecule has 1 fully saturated rings. The average molecular weight is 401 g/mol. The summed E-state index contributed by atoms with van der Waals surface area (Å²) in [5, 5.41) is 10.7. The van der Waals surface area contributed by atoms with Crippen molar-refractivity contribution in [2.45, 2.75) is 19.3 Å². The van der Waals surface area contributed by atoms with Crippen LogP contribution < -0.4 is 0 Å². The number of likely N-dealkylation sites (tertiary alicyclic amines) is 1. The fraction of sp³-hybridized carbons (Fsp3) is 0.318. The molecule has 1 saturated heterocycles. The minimum atomic E-state index is -0.470. The van der Waals surface area contributed by atoms with Crippen molar-refractivity contribution in [3.63, 3.8) is 0 Å². The minimum absolute atomic E-state index is 0. The average Bonchev–Trinajstić information content (AvgIpc) is 2.69. The second-order valence-electron chi connectivity index (χ2n) is 7.15. The molecule has 6 heteroatoms. The lowest BCUT2D eigenvalue weighted by Crippen LogP contribution is -2.36. The number of nitro groups is 1. The van der Waals surface area contributed by atoms with E-state index in [1.807, 2.05) is 6.07 Å². The number of carbonyl (C=O) groups is 1. The van der Waals surface area contributed by atoms with Crippen LogP contribution in [0.25, 0.3) is 0 Å². The van der Waals surface area contributed by atoms with E-state index in [1.165, 1.54) is 29.8 Å². The van der Waals surface area contributed by atoms with Crippen LogP contribution in [0, 0.1) is 16.0 Å². The zero-order valence-electron chi connectivity index (χ0n) is 15.8. The van der Waals surface area contributed by atoms with Crippen LogP contribution >= 0.6 is 12.4 Å². The minimum Gasteiger partial charge on any atom is -0.299 e. The number of piperidine rings is 1. The van der Waals surface area contributed by atoms with Gasteiger partial charge in [-0.3, -0.25) is 19.8 Å². The molecule has 1 heterocycles. The molecule has 0 atom stereocenters. The van der Waals surface area contributed by atoms with Gasteiger partial charge in [0, 0.05) is 29.8 Å². The van der Waals surface area contributed by atoms with Gasteiger partial charge in [0.15, 0.2) is 5.78 Å². The fourth-order valence-electron chi connectivity index (χ4n) is 3.58. The van der Waals surface area contributed by atoms with Crippen molar-refractivity contribution < 1.29 is 9.72 Å². The Hall–Kier alpha value is -2.50. The van der Waals surface area contributed by atoms with Crippen LogP contribution in [0.1, 0.15) is 28.8 Å². The molecule has 1 aliphatic rings. The molecule has 0 unspecified atom stereocenters. The maximum Gasteiger partial charge on any atom is 0.269 e. The summed E-state index contributed by atoms with van der Waals surface area (Å²) in [4.78, 5) is 25.0. The van der Waals surface area contributed by atoms with Gasteiger partial charge in [0.2, 0.25) is 0 Å². The topological polar surface area (TPSA) is 63.5 Å². The second kappa shape index (κ2) is 10.2. The van der Waals surface area contributed by atoms with Crippen molar-refractivity contribution in [3.05, 3.63) is 88.0 Å². The molecule has 5 nitrogen and oxygen atoms in total. The Kier molecular flexibility index (Phi) is 7.91. The third-order valence-electron chi connectivity index (χ3n) is 5.15. The Morgan fingerprint density at radius 2 is 1.68 bits per heavy atom. The first kappa shape index (κ1) is 21.8. The first-order valence-electron chi connectivity index (χ1n) is 9.26. The Morgan fingerprint density at radius 1 is 1.07 bits per heavy atom. The van der Waals surface area contributed by atoms with Gasteiger partial charge in [-0.25, -0.2) is 0 Å². The Bertz CT molecular complexity index is 813. The molecular formula is C22H25ClN2O3. The number of non-ortho nitro benzene ring substituents is 1. The van der Waals surface area contributed by atoms with E-state index in [-0.39, 0.29) is 23.9 Å². The predicted octanol–water partition coefficient (Wildman–Crippen LogP) is 4.71. The molecule has 2 aromatic rings. The molecule has 28 heavy (non-hydrogen) atoms. The molecular weight excluding hydrogens is 376 g/mol. The summed E-state index contributed by atoms with van der Waals surface area (Å²) >= 11 is 0. The van der Waals surface area contributed by atoms with Crippen molar-refractivity contribution in [3.8, 4) is 0 Å². The van der Waals surface area contributed by atoms with Gasteiger partial charge in [-0.05, 0) is 56.0 Å². The van der Waals surface area contributed by atoms with Gasteiger partial charge >= 0.3 is 0 Å². The van der Waals surface area contributed by atoms with Gasteiger partial charge in [-0.1, -0.05) is 36.9 Å². The van der Waals surface area contributed by atoms with Crippen LogP contribution in [-0.2, 0) is 6.42 Å². The molecule has 2 aromatic carbocycles. The Balaban J connectivity index is 0.00000280. The maximum absolute atomic E-state index is 12.5. The van der Waals surface area contributed by atoms with Crippen LogP contribution in [0.4, 0.5) is 5.69 Å². The second-order valence-corrected chi connectivity index (χ2v) is 7.15. The summed E-state index contributed by atoms with van der Waals surface area (Å²) in [5.74, 6) is 0.540. The smallest absolute Gasteiger partial charge is 0.269 e. The van der Waals surface area contributed by atoms with Crippen LogP contribution in [-0.4, -0.2) is 35.2 Å². The number of ketones is 1. The molecule has 0 radical (unpaired) electrons. The fourth-order valence-corrected chi connectivity index (χ4v) is 3.58. The number of nitro benzene ring substituents is 1. The molecule has 0 N–H and O–H groups in total. The molecule has 3 rings (SSSR count). The Morgan fingerprint density at radius 3 is 2.25 bits per heavy atom. The van der Waals surface area contributed by atoms with Crippen molar-refractivity contribution >= 4 is 23.9 Å². The molecule has 0 bridgehead atoms. The molecule has 148 valence electrons. The van der Waals surface area contributed by atoms with Crippen molar-refractivity contribution in [1.29, 1.82) is 0 Å². The number of hydrogen-bond acceptors (Lipinski definition) is 4. The first-order valence-corrected chi connectivity index (χ1v) is 9.26. The molecule has 1 aliphatic heterocycles. The number of Topliss-reactive ketones (excluding diaryl/α,β-unsaturated/α-hetero) is 1. The van der Waals surface area contributed by atoms with E-state index in [4.69, 9.17) is 0 Å². The summed E-state index contributed by atoms with van der Waals surface area (Å²) in [7, 11) is 0.